The van der Waals surface area contributed by atoms with Crippen molar-refractivity contribution in [3.8, 4) is 0 Å². The van der Waals surface area contributed by atoms with Crippen LogP contribution in [0.3, 0.4) is 0 Å². The van der Waals surface area contributed by atoms with Crippen molar-refractivity contribution in [2.24, 2.45) is 7.05 Å². The van der Waals surface area contributed by atoms with Crippen LogP contribution in [0.5, 0.6) is 0 Å². The second kappa shape index (κ2) is 3.91. The van der Waals surface area contributed by atoms with Gasteiger partial charge in [0.2, 0.25) is 0 Å². The summed E-state index contributed by atoms with van der Waals surface area (Å²) in [5.74, 6) is -0.443. The van der Waals surface area contributed by atoms with E-state index in [1.165, 1.54) is 11.3 Å². The summed E-state index contributed by atoms with van der Waals surface area (Å²) in [7, 11) is 2.03. The van der Waals surface area contributed by atoms with E-state index in [2.05, 4.69) is 25.3 Å². The van der Waals surface area contributed by atoms with Gasteiger partial charge in [-0.1, -0.05) is 13.8 Å². The number of nitrogens with zero attached hydrogens (tertiary/aromatic N) is 1. The van der Waals surface area contributed by atoms with Gasteiger partial charge in [0.25, 0.3) is 0 Å². The van der Waals surface area contributed by atoms with Crippen LogP contribution in [0.2, 0.25) is 0 Å². The van der Waals surface area contributed by atoms with Gasteiger partial charge in [0.1, 0.15) is 0 Å². The number of aromatic carboxylic acids is 1. The van der Waals surface area contributed by atoms with E-state index in [0.29, 0.717) is 11.5 Å². The highest BCUT2D eigenvalue weighted by Crippen LogP contribution is 2.30. The smallest absolute Gasteiger partial charge is 0.335 e. The van der Waals surface area contributed by atoms with Gasteiger partial charge >= 0.3 is 5.97 Å². The molecule has 0 aliphatic rings. The number of aromatic nitrogens is 1. The lowest BCUT2D eigenvalue weighted by atomic mass is 10.0. The Kier molecular flexibility index (Phi) is 2.69. The predicted molar refractivity (Wildman–Crippen MR) is 68.7 cm³/mol. The summed E-state index contributed by atoms with van der Waals surface area (Å²) in [4.78, 5) is 11.0. The summed E-state index contributed by atoms with van der Waals surface area (Å²) in [5.41, 5.74) is 3.89. The van der Waals surface area contributed by atoms with Crippen LogP contribution in [0.25, 0.3) is 10.9 Å². The van der Waals surface area contributed by atoms with E-state index in [9.17, 15) is 4.79 Å². The number of hydrogen-bond acceptors (Lipinski definition) is 1. The van der Waals surface area contributed by atoms with E-state index in [-0.39, 0.29) is 0 Å². The number of hydrogen-bond donors (Lipinski definition) is 1. The number of carboxylic acids is 1. The van der Waals surface area contributed by atoms with Crippen molar-refractivity contribution in [2.75, 3.05) is 0 Å². The molecule has 0 spiro atoms. The average Bonchev–Trinajstić information content (AvgIpc) is 2.51. The molecule has 0 amide bonds. The minimum atomic E-state index is -0.874. The molecule has 90 valence electrons. The fourth-order valence-electron chi connectivity index (χ4n) is 2.60. The predicted octanol–water partition coefficient (Wildman–Crippen LogP) is 3.31. The number of benzene rings is 1. The average molecular weight is 231 g/mol. The van der Waals surface area contributed by atoms with Crippen LogP contribution >= 0.6 is 0 Å². The molecular formula is C14H17NO2. The minimum Gasteiger partial charge on any atom is -0.478 e. The van der Waals surface area contributed by atoms with E-state index in [4.69, 9.17) is 5.11 Å². The Hall–Kier alpha value is -1.77. The second-order valence-corrected chi connectivity index (χ2v) is 4.76. The molecule has 1 N–H and O–H groups in total. The van der Waals surface area contributed by atoms with E-state index < -0.39 is 5.97 Å². The Morgan fingerprint density at radius 1 is 1.35 bits per heavy atom. The van der Waals surface area contributed by atoms with Crippen molar-refractivity contribution >= 4 is 16.9 Å². The lowest BCUT2D eigenvalue weighted by molar-refractivity contribution is 0.0697. The van der Waals surface area contributed by atoms with Gasteiger partial charge in [-0.3, -0.25) is 0 Å². The summed E-state index contributed by atoms with van der Waals surface area (Å²) in [5, 5.41) is 10.1. The number of aryl methyl sites for hydroxylation is 2. The Morgan fingerprint density at radius 2 is 2.00 bits per heavy atom. The molecular weight excluding hydrogens is 214 g/mol. The van der Waals surface area contributed by atoms with Gasteiger partial charge in [-0.2, -0.15) is 0 Å². The number of rotatable bonds is 2. The first-order valence-corrected chi connectivity index (χ1v) is 5.75. The lowest BCUT2D eigenvalue weighted by Gasteiger charge is -2.08. The lowest BCUT2D eigenvalue weighted by Crippen LogP contribution is -1.99. The molecule has 0 bridgehead atoms. The van der Waals surface area contributed by atoms with Crippen LogP contribution < -0.4 is 0 Å². The molecule has 0 saturated heterocycles. The first-order chi connectivity index (χ1) is 7.93. The topological polar surface area (TPSA) is 42.2 Å². The maximum Gasteiger partial charge on any atom is 0.335 e. The number of fused-ring (bicyclic) bond motifs is 1. The van der Waals surface area contributed by atoms with Crippen molar-refractivity contribution < 1.29 is 9.90 Å². The molecule has 1 aromatic heterocycles. The molecule has 1 heterocycles. The van der Waals surface area contributed by atoms with Crippen molar-refractivity contribution in [1.29, 1.82) is 0 Å². The third kappa shape index (κ3) is 1.71. The summed E-state index contributed by atoms with van der Waals surface area (Å²) in [6, 6.07) is 5.31. The molecule has 0 saturated carbocycles. The SMILES string of the molecule is Cc1c(C(C)C)n(C)c2ccc(C(=O)O)cc12. The summed E-state index contributed by atoms with van der Waals surface area (Å²) in [6.07, 6.45) is 0. The van der Waals surface area contributed by atoms with Gasteiger partial charge in [0.15, 0.2) is 0 Å². The van der Waals surface area contributed by atoms with E-state index in [1.807, 2.05) is 13.1 Å². The Morgan fingerprint density at radius 3 is 2.53 bits per heavy atom. The third-order valence-corrected chi connectivity index (χ3v) is 3.30. The Balaban J connectivity index is 2.79. The van der Waals surface area contributed by atoms with Gasteiger partial charge in [0.05, 0.1) is 5.56 Å². The highest BCUT2D eigenvalue weighted by molar-refractivity contribution is 5.95. The Bertz CT molecular complexity index is 594. The van der Waals surface area contributed by atoms with Crippen molar-refractivity contribution in [1.82, 2.24) is 4.57 Å². The maximum absolute atomic E-state index is 11.0. The number of carbonyl (C=O) groups is 1. The molecule has 3 heteroatoms. The third-order valence-electron chi connectivity index (χ3n) is 3.30. The maximum atomic E-state index is 11.0. The monoisotopic (exact) mass is 231 g/mol. The fourth-order valence-corrected chi connectivity index (χ4v) is 2.60. The molecule has 3 nitrogen and oxygen atoms in total. The van der Waals surface area contributed by atoms with Crippen LogP contribution in [-0.2, 0) is 7.05 Å². The van der Waals surface area contributed by atoms with Gasteiger partial charge in [0, 0.05) is 23.6 Å². The van der Waals surface area contributed by atoms with Crippen LogP contribution in [0, 0.1) is 6.92 Å². The van der Waals surface area contributed by atoms with Gasteiger partial charge in [-0.05, 0) is 36.6 Å². The Labute approximate surface area is 101 Å². The molecule has 0 atom stereocenters. The zero-order valence-electron chi connectivity index (χ0n) is 10.6. The molecule has 0 aliphatic heterocycles. The van der Waals surface area contributed by atoms with Crippen LogP contribution in [0.4, 0.5) is 0 Å². The van der Waals surface area contributed by atoms with Gasteiger partial charge in [-0.25, -0.2) is 4.79 Å². The van der Waals surface area contributed by atoms with Crippen molar-refractivity contribution in [3.05, 3.63) is 35.0 Å². The highest BCUT2D eigenvalue weighted by atomic mass is 16.4. The van der Waals surface area contributed by atoms with Crippen LogP contribution in [0.15, 0.2) is 18.2 Å². The molecule has 0 fully saturated rings. The summed E-state index contributed by atoms with van der Waals surface area (Å²) < 4.78 is 2.15. The minimum absolute atomic E-state index is 0.349. The summed E-state index contributed by atoms with van der Waals surface area (Å²) in [6.45, 7) is 6.36. The molecule has 0 radical (unpaired) electrons. The van der Waals surface area contributed by atoms with Crippen LogP contribution in [0.1, 0.15) is 41.4 Å². The molecule has 17 heavy (non-hydrogen) atoms. The van der Waals surface area contributed by atoms with Crippen molar-refractivity contribution in [2.45, 2.75) is 26.7 Å². The first-order valence-electron chi connectivity index (χ1n) is 5.75. The van der Waals surface area contributed by atoms with Crippen LogP contribution in [-0.4, -0.2) is 15.6 Å². The highest BCUT2D eigenvalue weighted by Gasteiger charge is 2.15. The zero-order chi connectivity index (χ0) is 12.7. The molecule has 1 aromatic carbocycles. The molecule has 2 aromatic rings. The molecule has 0 aliphatic carbocycles. The van der Waals surface area contributed by atoms with E-state index in [0.717, 1.165) is 10.9 Å². The van der Waals surface area contributed by atoms with Crippen molar-refractivity contribution in [3.63, 3.8) is 0 Å². The quantitative estimate of drug-likeness (QED) is 0.861. The largest absolute Gasteiger partial charge is 0.478 e. The standard InChI is InChI=1S/C14H17NO2/c1-8(2)13-9(3)11-7-10(14(16)17)5-6-12(11)15(13)4/h5-8H,1-4H3,(H,16,17). The first kappa shape index (κ1) is 11.7. The zero-order valence-corrected chi connectivity index (χ0v) is 10.6. The molecule has 0 unspecified atom stereocenters. The normalized spacial score (nSPS) is 11.4. The van der Waals surface area contributed by atoms with E-state index >= 15 is 0 Å². The van der Waals surface area contributed by atoms with Gasteiger partial charge in [-0.15, -0.1) is 0 Å². The summed E-state index contributed by atoms with van der Waals surface area (Å²) >= 11 is 0. The van der Waals surface area contributed by atoms with Gasteiger partial charge < -0.3 is 9.67 Å². The fraction of sp³-hybridized carbons (Fsp3) is 0.357. The second-order valence-electron chi connectivity index (χ2n) is 4.76. The van der Waals surface area contributed by atoms with E-state index in [1.54, 1.807) is 12.1 Å². The number of carboxylic acid groups (broad SMARTS) is 1. The molecule has 2 rings (SSSR count).